The highest BCUT2D eigenvalue weighted by Crippen LogP contribution is 2.48. The van der Waals surface area contributed by atoms with Gasteiger partial charge in [0.2, 0.25) is 5.95 Å². The summed E-state index contributed by atoms with van der Waals surface area (Å²) in [6, 6.07) is 50.3. The van der Waals surface area contributed by atoms with Gasteiger partial charge in [-0.3, -0.25) is 10.2 Å². The average Bonchev–Trinajstić information content (AvgIpc) is 0.848. The van der Waals surface area contributed by atoms with Crippen molar-refractivity contribution in [1.29, 1.82) is 0 Å². The van der Waals surface area contributed by atoms with E-state index in [9.17, 15) is 26.3 Å². The molecular formula is C100H134F6N14O3S. The summed E-state index contributed by atoms with van der Waals surface area (Å²) in [4.78, 5) is 26.0. The van der Waals surface area contributed by atoms with E-state index in [1.807, 2.05) is 121 Å². The van der Waals surface area contributed by atoms with Crippen molar-refractivity contribution in [3.8, 4) is 0 Å². The summed E-state index contributed by atoms with van der Waals surface area (Å²) in [5.41, 5.74) is 24.1. The predicted octanol–water partition coefficient (Wildman–Crippen LogP) is 25.6. The molecule has 8 heterocycles. The van der Waals surface area contributed by atoms with Crippen LogP contribution in [0.3, 0.4) is 0 Å². The van der Waals surface area contributed by atoms with Gasteiger partial charge in [0.25, 0.3) is 6.01 Å². The Morgan fingerprint density at radius 3 is 1.44 bits per heavy atom. The third-order valence-corrected chi connectivity index (χ3v) is 24.7. The number of anilines is 5. The fourth-order valence-electron chi connectivity index (χ4n) is 14.9. The number of aromatic nitrogens is 6. The van der Waals surface area contributed by atoms with Gasteiger partial charge >= 0.3 is 12.4 Å². The summed E-state index contributed by atoms with van der Waals surface area (Å²) in [5, 5.41) is 16.9. The third kappa shape index (κ3) is 23.6. The topological polar surface area (TPSA) is 186 Å². The molecule has 5 aromatic heterocycles. The van der Waals surface area contributed by atoms with Crippen molar-refractivity contribution < 1.29 is 39.8 Å². The minimum absolute atomic E-state index is 0.335. The van der Waals surface area contributed by atoms with E-state index in [1.165, 1.54) is 68.8 Å². The second-order valence-corrected chi connectivity index (χ2v) is 37.5. The Hall–Kier alpha value is -10.0. The monoisotopic (exact) mass is 1730 g/mol. The molecule has 5 N–H and O–H groups in total. The molecule has 0 aliphatic carbocycles. The first-order chi connectivity index (χ1) is 58.1. The number of fused-ring (bicyclic) bond motifs is 8. The molecule has 3 unspecified atom stereocenters. The molecule has 8 aromatic carbocycles. The Morgan fingerprint density at radius 1 is 0.460 bits per heavy atom. The first-order valence-corrected chi connectivity index (χ1v) is 44.2. The zero-order valence-electron chi connectivity index (χ0n) is 78.2. The van der Waals surface area contributed by atoms with Crippen molar-refractivity contribution >= 4 is 94.4 Å². The molecule has 16 rings (SSSR count). The number of alkyl halides is 6. The number of hydrogen-bond donors (Lipinski definition) is 4. The van der Waals surface area contributed by atoms with Gasteiger partial charge in [0.05, 0.1) is 32.0 Å². The Kier molecular flexibility index (Phi) is 32.7. The van der Waals surface area contributed by atoms with Crippen molar-refractivity contribution in [2.24, 2.45) is 0 Å². The van der Waals surface area contributed by atoms with Gasteiger partial charge in [0, 0.05) is 75.5 Å². The van der Waals surface area contributed by atoms with Gasteiger partial charge in [-0.25, -0.2) is 9.97 Å². The fourth-order valence-corrected chi connectivity index (χ4v) is 15.8. The number of thiazole rings is 1. The molecule has 0 radical (unpaired) electrons. The standard InChI is InChI=1S/C15H20F3N.C14H18F3N.C13H19N.C12H17N3.2C12H16N2O.C12H16N2S.C10H12N2O/c1-10(2)11-5-6-13-12(9-11)7-8-19(4)14(13,3)15(16,17)18;1-9(2)10-4-5-12-11(8-10)6-7-18-13(12,3)14(15,16)17;1-9(2)11-4-5-13-10(3)14-7-6-12(13)8-11;1-8(2)9-5-6-10-11(7-9)14-12(13-10)15(3)4;1-8(2)9-5-6-10-11(7-9)15-12(13-10)14(3)4;1-8(2)9-5-6-10-11(7-9)15-13-12(10)14(3)4;1-8(2)9-5-6-10-11(7-9)15-12(13-10)14(3)4;1-6(2)7-3-4-8-9(5-7)13-12-10(8)11/h5-6,9-10H,7-8H2,1-4H3;4-5,8-9,18H,6-7H2,1-3H3;4-5,8-10,14H,6-7H2,1-3H3;5-8H,1-4H3,(H,13,14);3*5-8H,1-4H3;3-6H,1-2H3,(H2,11,12). The summed E-state index contributed by atoms with van der Waals surface area (Å²) in [6.45, 7) is 41.2. The van der Waals surface area contributed by atoms with Crippen LogP contribution in [0.25, 0.3) is 54.3 Å². The molecule has 24 heteroatoms. The van der Waals surface area contributed by atoms with E-state index < -0.39 is 23.4 Å². The van der Waals surface area contributed by atoms with Crippen molar-refractivity contribution in [2.75, 3.05) is 108 Å². The normalized spacial score (nSPS) is 16.3. The molecule has 124 heavy (non-hydrogen) atoms. The van der Waals surface area contributed by atoms with Crippen molar-refractivity contribution in [1.82, 2.24) is 45.8 Å². The van der Waals surface area contributed by atoms with Crippen LogP contribution in [0.15, 0.2) is 159 Å². The lowest BCUT2D eigenvalue weighted by atomic mass is 9.80. The number of aromatic amines is 1. The van der Waals surface area contributed by atoms with E-state index in [-0.39, 0.29) is 0 Å². The summed E-state index contributed by atoms with van der Waals surface area (Å²) >= 11 is 1.75. The van der Waals surface area contributed by atoms with E-state index >= 15 is 0 Å². The smallest absolute Gasteiger partial charge is 0.410 e. The van der Waals surface area contributed by atoms with Gasteiger partial charge in [-0.1, -0.05) is 217 Å². The van der Waals surface area contributed by atoms with Crippen molar-refractivity contribution in [3.63, 3.8) is 0 Å². The number of oxazole rings is 1. The molecule has 0 fully saturated rings. The van der Waals surface area contributed by atoms with Gasteiger partial charge in [-0.05, 0) is 240 Å². The van der Waals surface area contributed by atoms with Crippen LogP contribution in [0.1, 0.15) is 263 Å². The van der Waals surface area contributed by atoms with Crippen LogP contribution in [0.2, 0.25) is 0 Å². The number of nitrogens with one attached hydrogen (secondary N) is 3. The number of halogens is 6. The predicted molar refractivity (Wildman–Crippen MR) is 506 cm³/mol. The molecule has 13 aromatic rings. The average molecular weight is 1730 g/mol. The Bertz CT molecular complexity index is 5390. The maximum absolute atomic E-state index is 13.5. The van der Waals surface area contributed by atoms with Gasteiger partial charge < -0.3 is 49.1 Å². The number of H-pyrrole nitrogens is 1. The number of benzene rings is 8. The number of nitrogens with two attached hydrogens (primary N) is 1. The SMILES string of the molecule is CC(C)c1ccc2c(N(C)C)noc2c1.CC(C)c1ccc2c(N)noc2c1.CC(C)c1ccc2c(c1)CCN(C)C2(C)C(F)(F)F.CC(C)c1ccc2c(c1)CCNC2(C)C(F)(F)F.CC(C)c1ccc2c(c1)CCNC2C.CC(C)c1ccc2nc(N(C)C)[nH]c2c1.CC(C)c1ccc2nc(N(C)C)oc2c1.CC(C)c1ccc2nc(N(C)C)sc2c1. The van der Waals surface area contributed by atoms with E-state index in [2.05, 4.69) is 241 Å². The van der Waals surface area contributed by atoms with Crippen LogP contribution in [-0.4, -0.2) is 131 Å². The molecule has 0 spiro atoms. The number of imidazole rings is 1. The lowest BCUT2D eigenvalue weighted by Gasteiger charge is -2.45. The first kappa shape index (κ1) is 97.8. The maximum atomic E-state index is 13.5. The Morgan fingerprint density at radius 2 is 0.911 bits per heavy atom. The summed E-state index contributed by atoms with van der Waals surface area (Å²) in [6.07, 6.45) is -6.03. The minimum Gasteiger partial charge on any atom is -0.423 e. The van der Waals surface area contributed by atoms with E-state index in [4.69, 9.17) is 19.2 Å². The summed E-state index contributed by atoms with van der Waals surface area (Å²) in [5.74, 6) is 6.24. The lowest BCUT2D eigenvalue weighted by molar-refractivity contribution is -0.230. The van der Waals surface area contributed by atoms with Gasteiger partial charge in [0.1, 0.15) is 16.6 Å². The molecule has 3 aliphatic rings. The highest BCUT2D eigenvalue weighted by molar-refractivity contribution is 7.22. The van der Waals surface area contributed by atoms with E-state index in [0.29, 0.717) is 102 Å². The second-order valence-electron chi connectivity index (χ2n) is 36.4. The molecule has 0 bridgehead atoms. The highest BCUT2D eigenvalue weighted by atomic mass is 32.1. The molecule has 0 saturated carbocycles. The van der Waals surface area contributed by atoms with E-state index in [0.717, 1.165) is 95.3 Å². The molecule has 3 aliphatic heterocycles. The van der Waals surface area contributed by atoms with Crippen LogP contribution in [0.4, 0.5) is 55.1 Å². The molecular weight excluding hydrogens is 1590 g/mol. The second kappa shape index (κ2) is 41.4. The van der Waals surface area contributed by atoms with Gasteiger partial charge in [-0.2, -0.15) is 31.3 Å². The van der Waals surface area contributed by atoms with Crippen LogP contribution in [0.5, 0.6) is 0 Å². The molecule has 0 saturated heterocycles. The fraction of sp³-hybridized carbons (Fsp3) is 0.470. The highest BCUT2D eigenvalue weighted by Gasteiger charge is 2.57. The summed E-state index contributed by atoms with van der Waals surface area (Å²) in [7, 11) is 17.4. The number of nitrogen functional groups attached to an aromatic ring is 1. The number of rotatable bonds is 12. The van der Waals surface area contributed by atoms with Crippen LogP contribution in [-0.2, 0) is 30.3 Å². The quantitative estimate of drug-likeness (QED) is 0.0846. The first-order valence-electron chi connectivity index (χ1n) is 43.4. The molecule has 3 atom stereocenters. The van der Waals surface area contributed by atoms with Crippen molar-refractivity contribution in [3.05, 3.63) is 223 Å². The van der Waals surface area contributed by atoms with Gasteiger partial charge in [-0.15, -0.1) is 0 Å². The van der Waals surface area contributed by atoms with Crippen molar-refractivity contribution in [2.45, 2.75) is 228 Å². The third-order valence-electron chi connectivity index (χ3n) is 23.5. The Balaban J connectivity index is 0.000000161. The number of nitrogens with zero attached hydrogens (tertiary/aromatic N) is 10. The zero-order chi connectivity index (χ0) is 91.5. The summed E-state index contributed by atoms with van der Waals surface area (Å²) < 4.78 is 97.3. The van der Waals surface area contributed by atoms with Crippen LogP contribution < -0.4 is 36.0 Å². The lowest BCUT2D eigenvalue weighted by Crippen LogP contribution is -2.55. The largest absolute Gasteiger partial charge is 0.423 e. The van der Waals surface area contributed by atoms with Gasteiger partial charge in [0.15, 0.2) is 33.5 Å². The number of hydrogen-bond acceptors (Lipinski definition) is 17. The molecule has 0 amide bonds. The molecule has 670 valence electrons. The van der Waals surface area contributed by atoms with Crippen LogP contribution in [0, 0.1) is 0 Å². The maximum Gasteiger partial charge on any atom is 0.410 e. The molecule has 17 nitrogen and oxygen atoms in total. The zero-order valence-corrected chi connectivity index (χ0v) is 79.1. The Labute approximate surface area is 735 Å². The van der Waals surface area contributed by atoms with Crippen LogP contribution >= 0.6 is 11.3 Å². The minimum atomic E-state index is -4.28. The number of likely N-dealkylation sites (N-methyl/N-ethyl adjacent to an activating group) is 1. The van der Waals surface area contributed by atoms with E-state index in [1.54, 1.807) is 42.1 Å².